The third-order valence-electron chi connectivity index (χ3n) is 2.76. The van der Waals surface area contributed by atoms with Crippen LogP contribution in [0.3, 0.4) is 0 Å². The maximum absolute atomic E-state index is 2.42. The normalized spacial score (nSPS) is 16.1. The second kappa shape index (κ2) is 3.71. The molecule has 0 aromatic heterocycles. The van der Waals surface area contributed by atoms with Crippen LogP contribution in [0, 0.1) is 6.92 Å². The molecule has 1 aromatic rings. The van der Waals surface area contributed by atoms with Crippen molar-refractivity contribution < 1.29 is 0 Å². The van der Waals surface area contributed by atoms with Crippen LogP contribution in [-0.2, 0) is 6.42 Å². The van der Waals surface area contributed by atoms with Gasteiger partial charge in [0, 0.05) is 5.75 Å². The summed E-state index contributed by atoms with van der Waals surface area (Å²) in [5.41, 5.74) is 5.98. The first-order valence-electron chi connectivity index (χ1n) is 5.41. The molecule has 0 saturated heterocycles. The molecule has 1 aromatic carbocycles. The van der Waals surface area contributed by atoms with Crippen LogP contribution in [-0.4, -0.2) is 24.5 Å². The molecule has 0 atom stereocenters. The minimum absolute atomic E-state index is 0.429. The Morgan fingerprint density at radius 1 is 1.20 bits per heavy atom. The van der Waals surface area contributed by atoms with Crippen LogP contribution in [0.2, 0.25) is 0 Å². The fourth-order valence-corrected chi connectivity index (χ4v) is 3.36. The standard InChI is InChI=1S/C14H20S/c1-11-5-8-14-12(9-11)6-7-13(14)10-15(2,3)4/h5,7-9H,6,10H2,1-4H3. The molecule has 0 radical (unpaired) electrons. The average Bonchev–Trinajstić information content (AvgIpc) is 2.45. The van der Waals surface area contributed by atoms with Gasteiger partial charge < -0.3 is 0 Å². The lowest BCUT2D eigenvalue weighted by Gasteiger charge is -2.26. The van der Waals surface area contributed by atoms with Gasteiger partial charge in [-0.1, -0.05) is 29.8 Å². The van der Waals surface area contributed by atoms with Crippen LogP contribution in [0.15, 0.2) is 24.3 Å². The lowest BCUT2D eigenvalue weighted by molar-refractivity contribution is 1.28. The van der Waals surface area contributed by atoms with Crippen LogP contribution >= 0.6 is 10.0 Å². The van der Waals surface area contributed by atoms with Crippen molar-refractivity contribution in [3.8, 4) is 0 Å². The summed E-state index contributed by atoms with van der Waals surface area (Å²) in [7, 11) is -0.429. The van der Waals surface area contributed by atoms with Crippen molar-refractivity contribution in [3.63, 3.8) is 0 Å². The summed E-state index contributed by atoms with van der Waals surface area (Å²) in [4.78, 5) is 0. The predicted molar refractivity (Wildman–Crippen MR) is 73.1 cm³/mol. The summed E-state index contributed by atoms with van der Waals surface area (Å²) in [6.45, 7) is 2.17. The molecule has 0 fully saturated rings. The molecule has 0 N–H and O–H groups in total. The van der Waals surface area contributed by atoms with E-state index in [0.29, 0.717) is 0 Å². The van der Waals surface area contributed by atoms with Crippen molar-refractivity contribution in [1.82, 2.24) is 0 Å². The molecule has 0 amide bonds. The Bertz CT molecular complexity index is 408. The van der Waals surface area contributed by atoms with E-state index in [0.717, 1.165) is 6.42 Å². The molecule has 1 aliphatic carbocycles. The molecular formula is C14H20S. The first-order chi connectivity index (χ1) is 6.96. The lowest BCUT2D eigenvalue weighted by Crippen LogP contribution is -2.00. The number of rotatable bonds is 2. The number of hydrogen-bond acceptors (Lipinski definition) is 0. The third kappa shape index (κ3) is 2.46. The number of fused-ring (bicyclic) bond motifs is 1. The highest BCUT2D eigenvalue weighted by atomic mass is 32.3. The first kappa shape index (κ1) is 10.8. The Morgan fingerprint density at radius 2 is 1.93 bits per heavy atom. The zero-order chi connectivity index (χ0) is 11.1. The lowest BCUT2D eigenvalue weighted by atomic mass is 10.0. The Kier molecular flexibility index (Phi) is 2.68. The quantitative estimate of drug-likeness (QED) is 0.714. The monoisotopic (exact) mass is 220 g/mol. The summed E-state index contributed by atoms with van der Waals surface area (Å²) in [5.74, 6) is 1.27. The highest BCUT2D eigenvalue weighted by molar-refractivity contribution is 8.32. The van der Waals surface area contributed by atoms with Crippen molar-refractivity contribution in [3.05, 3.63) is 41.0 Å². The molecule has 0 heterocycles. The molecule has 82 valence electrons. The van der Waals surface area contributed by atoms with Gasteiger partial charge in [-0.25, -0.2) is 10.0 Å². The van der Waals surface area contributed by atoms with Gasteiger partial charge in [-0.05, 0) is 48.8 Å². The summed E-state index contributed by atoms with van der Waals surface area (Å²) >= 11 is 0. The van der Waals surface area contributed by atoms with Crippen LogP contribution < -0.4 is 0 Å². The Balaban J connectivity index is 2.28. The van der Waals surface area contributed by atoms with Crippen LogP contribution in [0.5, 0.6) is 0 Å². The molecular weight excluding hydrogens is 200 g/mol. The Hall–Kier alpha value is -0.690. The van der Waals surface area contributed by atoms with Gasteiger partial charge in [-0.3, -0.25) is 0 Å². The van der Waals surface area contributed by atoms with Crippen molar-refractivity contribution in [2.45, 2.75) is 13.3 Å². The minimum atomic E-state index is -0.429. The molecule has 0 aliphatic heterocycles. The number of allylic oxidation sites excluding steroid dienone is 1. The van der Waals surface area contributed by atoms with Crippen LogP contribution in [0.25, 0.3) is 5.57 Å². The molecule has 15 heavy (non-hydrogen) atoms. The second-order valence-electron chi connectivity index (χ2n) is 5.33. The molecule has 2 rings (SSSR count). The van der Waals surface area contributed by atoms with E-state index in [9.17, 15) is 0 Å². The molecule has 0 saturated carbocycles. The topological polar surface area (TPSA) is 0 Å². The van der Waals surface area contributed by atoms with Gasteiger partial charge in [0.1, 0.15) is 0 Å². The zero-order valence-electron chi connectivity index (χ0n) is 10.1. The van der Waals surface area contributed by atoms with E-state index in [2.05, 4.69) is 50.0 Å². The van der Waals surface area contributed by atoms with E-state index in [1.807, 2.05) is 0 Å². The molecule has 0 spiro atoms. The van der Waals surface area contributed by atoms with Gasteiger partial charge >= 0.3 is 0 Å². The van der Waals surface area contributed by atoms with Crippen molar-refractivity contribution in [2.24, 2.45) is 0 Å². The first-order valence-corrected chi connectivity index (χ1v) is 8.43. The number of hydrogen-bond donors (Lipinski definition) is 0. The molecule has 1 aliphatic rings. The van der Waals surface area contributed by atoms with Crippen LogP contribution in [0.4, 0.5) is 0 Å². The van der Waals surface area contributed by atoms with Crippen molar-refractivity contribution in [1.29, 1.82) is 0 Å². The maximum Gasteiger partial charge on any atom is 0.00207 e. The van der Waals surface area contributed by atoms with E-state index >= 15 is 0 Å². The molecule has 1 heteroatoms. The third-order valence-corrected chi connectivity index (χ3v) is 3.94. The van der Waals surface area contributed by atoms with Gasteiger partial charge in [0.05, 0.1) is 0 Å². The Labute approximate surface area is 94.7 Å². The van der Waals surface area contributed by atoms with Crippen molar-refractivity contribution >= 4 is 15.6 Å². The summed E-state index contributed by atoms with van der Waals surface area (Å²) in [6, 6.07) is 6.86. The molecule has 0 bridgehead atoms. The average molecular weight is 220 g/mol. The zero-order valence-corrected chi connectivity index (χ0v) is 10.9. The van der Waals surface area contributed by atoms with E-state index in [4.69, 9.17) is 0 Å². The molecule has 0 unspecified atom stereocenters. The van der Waals surface area contributed by atoms with Crippen LogP contribution in [0.1, 0.15) is 16.7 Å². The van der Waals surface area contributed by atoms with E-state index < -0.39 is 10.0 Å². The van der Waals surface area contributed by atoms with E-state index in [1.165, 1.54) is 22.4 Å². The maximum atomic E-state index is 2.42. The second-order valence-corrected chi connectivity index (χ2v) is 9.80. The smallest absolute Gasteiger partial charge is 0.00207 e. The Morgan fingerprint density at radius 3 is 2.60 bits per heavy atom. The summed E-state index contributed by atoms with van der Waals surface area (Å²) in [6.07, 6.45) is 10.7. The van der Waals surface area contributed by atoms with Gasteiger partial charge in [-0.2, -0.15) is 0 Å². The fraction of sp³-hybridized carbons (Fsp3) is 0.429. The number of aryl methyl sites for hydroxylation is 1. The predicted octanol–water partition coefficient (Wildman–Crippen LogP) is 3.63. The van der Waals surface area contributed by atoms with Gasteiger partial charge in [0.15, 0.2) is 0 Å². The van der Waals surface area contributed by atoms with Crippen molar-refractivity contribution in [2.75, 3.05) is 24.5 Å². The van der Waals surface area contributed by atoms with Gasteiger partial charge in [0.2, 0.25) is 0 Å². The number of benzene rings is 1. The fourth-order valence-electron chi connectivity index (χ4n) is 2.15. The van der Waals surface area contributed by atoms with E-state index in [1.54, 1.807) is 5.57 Å². The van der Waals surface area contributed by atoms with E-state index in [-0.39, 0.29) is 0 Å². The highest BCUT2D eigenvalue weighted by Gasteiger charge is 2.17. The molecule has 0 nitrogen and oxygen atoms in total. The summed E-state index contributed by atoms with van der Waals surface area (Å²) < 4.78 is 0. The highest BCUT2D eigenvalue weighted by Crippen LogP contribution is 2.42. The minimum Gasteiger partial charge on any atom is -0.246 e. The summed E-state index contributed by atoms with van der Waals surface area (Å²) in [5, 5.41) is 0. The largest absolute Gasteiger partial charge is 0.246 e. The van der Waals surface area contributed by atoms with Gasteiger partial charge in [0.25, 0.3) is 0 Å². The van der Waals surface area contributed by atoms with Gasteiger partial charge in [-0.15, -0.1) is 0 Å². The SMILES string of the molecule is Cc1ccc2c(c1)CC=C2CS(C)(C)C.